The highest BCUT2D eigenvalue weighted by Crippen LogP contribution is 2.36. The summed E-state index contributed by atoms with van der Waals surface area (Å²) in [7, 11) is -3.33. The van der Waals surface area contributed by atoms with Crippen LogP contribution in [0, 0.1) is 17.0 Å². The van der Waals surface area contributed by atoms with Gasteiger partial charge in [0.15, 0.2) is 0 Å². The van der Waals surface area contributed by atoms with Crippen LogP contribution < -0.4 is 14.4 Å². The maximum atomic E-state index is 14.6. The monoisotopic (exact) mass is 756 g/mol. The van der Waals surface area contributed by atoms with Crippen molar-refractivity contribution in [1.29, 1.82) is 0 Å². The molecule has 0 aliphatic carbocycles. The summed E-state index contributed by atoms with van der Waals surface area (Å²) in [4.78, 5) is 40.2. The number of anilines is 1. The number of nitrogens with one attached hydrogen (secondary N) is 1. The van der Waals surface area contributed by atoms with Crippen LogP contribution in [0.5, 0.6) is 5.75 Å². The summed E-state index contributed by atoms with van der Waals surface area (Å²) < 4.78 is 35.8. The summed E-state index contributed by atoms with van der Waals surface area (Å²) in [6.07, 6.45) is 0.143. The van der Waals surface area contributed by atoms with Crippen molar-refractivity contribution in [3.63, 3.8) is 0 Å². The molecule has 0 spiro atoms. The van der Waals surface area contributed by atoms with E-state index in [9.17, 15) is 28.1 Å². The van der Waals surface area contributed by atoms with Crippen LogP contribution in [-0.2, 0) is 32.6 Å². The number of ether oxygens (including phenoxy) is 1. The lowest BCUT2D eigenvalue weighted by Gasteiger charge is -2.34. The van der Waals surface area contributed by atoms with Gasteiger partial charge in [0.1, 0.15) is 18.3 Å². The number of methoxy groups -OCH3 is 1. The molecule has 4 aromatic carbocycles. The van der Waals surface area contributed by atoms with Crippen molar-refractivity contribution in [3.05, 3.63) is 127 Å². The Labute approximate surface area is 292 Å². The van der Waals surface area contributed by atoms with Crippen molar-refractivity contribution in [2.45, 2.75) is 37.8 Å². The van der Waals surface area contributed by atoms with Gasteiger partial charge in [0.05, 0.1) is 22.6 Å². The Bertz CT molecular complexity index is 1910. The van der Waals surface area contributed by atoms with Crippen molar-refractivity contribution in [2.75, 3.05) is 24.5 Å². The van der Waals surface area contributed by atoms with E-state index in [1.165, 1.54) is 49.3 Å². The van der Waals surface area contributed by atoms with Crippen LogP contribution in [0.4, 0.5) is 11.4 Å². The zero-order valence-corrected chi connectivity index (χ0v) is 29.6. The number of carbonyl (C=O) groups excluding carboxylic acids is 2. The average molecular weight is 758 g/mol. The fourth-order valence-corrected chi connectivity index (χ4v) is 7.17. The summed E-state index contributed by atoms with van der Waals surface area (Å²) in [5.41, 5.74) is 1.25. The summed E-state index contributed by atoms with van der Waals surface area (Å²) in [5.74, 6) is -1.05. The van der Waals surface area contributed by atoms with Gasteiger partial charge in [-0.05, 0) is 61.4 Å². The minimum absolute atomic E-state index is 0.0382. The first-order valence-corrected chi connectivity index (χ1v) is 17.4. The second kappa shape index (κ2) is 16.1. The molecule has 0 aliphatic rings. The standard InChI is InChI=1S/C34H34BrClN4O7S/c1-4-37-34(42)31(18-24-9-6-5-7-10-24)38(21-25-11-8-12-26(35)17-25)33(41)22-39(30-19-27(36)14-16-32(30)47-3)48(45,46)28-15-13-23(2)29(20-28)40(43)44/h5-17,19-20,31H,4,18,21-22H2,1-3H3,(H,37,42)/t31-/m0/s1. The first-order valence-electron chi connectivity index (χ1n) is 14.8. The smallest absolute Gasteiger partial charge is 0.273 e. The number of carbonyl (C=O) groups is 2. The summed E-state index contributed by atoms with van der Waals surface area (Å²) in [5, 5.41) is 14.7. The van der Waals surface area contributed by atoms with Crippen molar-refractivity contribution < 1.29 is 27.7 Å². The molecule has 0 radical (unpaired) electrons. The SMILES string of the molecule is CCNC(=O)[C@H](Cc1ccccc1)N(Cc1cccc(Br)c1)C(=O)CN(c1cc(Cl)ccc1OC)S(=O)(=O)c1ccc(C)c([N+](=O)[O-])c1. The van der Waals surface area contributed by atoms with Gasteiger partial charge in [0.25, 0.3) is 15.7 Å². The van der Waals surface area contributed by atoms with Crippen LogP contribution in [0.1, 0.15) is 23.6 Å². The van der Waals surface area contributed by atoms with E-state index in [1.54, 1.807) is 25.1 Å². The van der Waals surface area contributed by atoms with Gasteiger partial charge in [-0.15, -0.1) is 0 Å². The van der Waals surface area contributed by atoms with Crippen molar-refractivity contribution >= 4 is 60.7 Å². The van der Waals surface area contributed by atoms with Crippen LogP contribution in [0.15, 0.2) is 100 Å². The number of halogens is 2. The molecule has 0 saturated carbocycles. The summed E-state index contributed by atoms with van der Waals surface area (Å²) >= 11 is 9.78. The Morgan fingerprint density at radius 3 is 2.35 bits per heavy atom. The number of rotatable bonds is 14. The van der Waals surface area contributed by atoms with Crippen LogP contribution in [0.2, 0.25) is 5.02 Å². The van der Waals surface area contributed by atoms with Gasteiger partial charge in [-0.25, -0.2) is 8.42 Å². The largest absolute Gasteiger partial charge is 0.495 e. The number of benzene rings is 4. The van der Waals surface area contributed by atoms with E-state index in [4.69, 9.17) is 16.3 Å². The molecule has 0 aromatic heterocycles. The molecule has 14 heteroatoms. The maximum Gasteiger partial charge on any atom is 0.273 e. The summed E-state index contributed by atoms with van der Waals surface area (Å²) in [6.45, 7) is 2.72. The lowest BCUT2D eigenvalue weighted by molar-refractivity contribution is -0.385. The summed E-state index contributed by atoms with van der Waals surface area (Å²) in [6, 6.07) is 23.1. The highest BCUT2D eigenvalue weighted by molar-refractivity contribution is 9.10. The quantitative estimate of drug-likeness (QED) is 0.118. The predicted octanol–water partition coefficient (Wildman–Crippen LogP) is 6.30. The lowest BCUT2D eigenvalue weighted by atomic mass is 10.0. The predicted molar refractivity (Wildman–Crippen MR) is 188 cm³/mol. The molecule has 48 heavy (non-hydrogen) atoms. The third-order valence-electron chi connectivity index (χ3n) is 7.52. The minimum Gasteiger partial charge on any atom is -0.495 e. The third-order valence-corrected chi connectivity index (χ3v) is 10.0. The Balaban J connectivity index is 1.89. The number of nitro groups is 1. The number of hydrogen-bond donors (Lipinski definition) is 1. The molecule has 252 valence electrons. The molecule has 11 nitrogen and oxygen atoms in total. The van der Waals surface area contributed by atoms with Gasteiger partial charge in [0, 0.05) is 40.6 Å². The van der Waals surface area contributed by atoms with Gasteiger partial charge >= 0.3 is 0 Å². The van der Waals surface area contributed by atoms with Crippen LogP contribution in [0.3, 0.4) is 0 Å². The second-order valence-corrected chi connectivity index (χ2v) is 14.0. The van der Waals surface area contributed by atoms with Crippen molar-refractivity contribution in [1.82, 2.24) is 10.2 Å². The Morgan fingerprint density at radius 1 is 1.00 bits per heavy atom. The van der Waals surface area contributed by atoms with E-state index >= 15 is 0 Å². The van der Waals surface area contributed by atoms with Crippen molar-refractivity contribution in [3.8, 4) is 5.75 Å². The lowest BCUT2D eigenvalue weighted by Crippen LogP contribution is -2.53. The normalized spacial score (nSPS) is 11.8. The molecular weight excluding hydrogens is 724 g/mol. The number of likely N-dealkylation sites (N-methyl/N-ethyl adjacent to an activating group) is 1. The second-order valence-electron chi connectivity index (χ2n) is 10.8. The number of amides is 2. The number of nitro benzene ring substituents is 1. The average Bonchev–Trinajstić information content (AvgIpc) is 3.05. The van der Waals surface area contributed by atoms with Gasteiger partial charge in [-0.3, -0.25) is 24.0 Å². The van der Waals surface area contributed by atoms with E-state index in [-0.39, 0.29) is 35.0 Å². The fourth-order valence-electron chi connectivity index (χ4n) is 5.12. The Morgan fingerprint density at radius 2 is 1.71 bits per heavy atom. The van der Waals surface area contributed by atoms with Crippen LogP contribution in [0.25, 0.3) is 0 Å². The number of aryl methyl sites for hydroxylation is 1. The van der Waals surface area contributed by atoms with Crippen LogP contribution in [-0.4, -0.2) is 56.3 Å². The fraction of sp³-hybridized carbons (Fsp3) is 0.235. The number of hydrogen-bond acceptors (Lipinski definition) is 7. The maximum absolute atomic E-state index is 14.6. The molecule has 2 amide bonds. The highest BCUT2D eigenvalue weighted by atomic mass is 79.9. The van der Waals surface area contributed by atoms with Gasteiger partial charge in [0.2, 0.25) is 11.8 Å². The third kappa shape index (κ3) is 8.71. The molecule has 4 rings (SSSR count). The van der Waals surface area contributed by atoms with E-state index < -0.39 is 49.9 Å². The molecule has 1 atom stereocenters. The van der Waals surface area contributed by atoms with Crippen LogP contribution >= 0.6 is 27.5 Å². The van der Waals surface area contributed by atoms with E-state index in [0.29, 0.717) is 12.1 Å². The molecule has 0 heterocycles. The minimum atomic E-state index is -4.66. The molecule has 0 aliphatic heterocycles. The molecule has 4 aromatic rings. The highest BCUT2D eigenvalue weighted by Gasteiger charge is 2.36. The first kappa shape index (κ1) is 36.4. The van der Waals surface area contributed by atoms with Crippen molar-refractivity contribution in [2.24, 2.45) is 0 Å². The number of nitrogens with zero attached hydrogens (tertiary/aromatic N) is 3. The zero-order valence-electron chi connectivity index (χ0n) is 26.4. The Hall–Kier alpha value is -4.46. The zero-order chi connectivity index (χ0) is 35.0. The molecular formula is C34H34BrClN4O7S. The molecule has 1 N–H and O–H groups in total. The molecule has 0 saturated heterocycles. The topological polar surface area (TPSA) is 139 Å². The van der Waals surface area contributed by atoms with Gasteiger partial charge in [-0.2, -0.15) is 0 Å². The number of sulfonamides is 1. The van der Waals surface area contributed by atoms with Gasteiger partial charge < -0.3 is 15.0 Å². The molecule has 0 unspecified atom stereocenters. The molecule has 0 fully saturated rings. The van der Waals surface area contributed by atoms with E-state index in [2.05, 4.69) is 21.2 Å². The molecule has 0 bridgehead atoms. The van der Waals surface area contributed by atoms with Gasteiger partial charge in [-0.1, -0.05) is 76.1 Å². The van der Waals surface area contributed by atoms with E-state index in [1.807, 2.05) is 36.4 Å². The first-order chi connectivity index (χ1) is 22.8. The van der Waals surface area contributed by atoms with E-state index in [0.717, 1.165) is 20.4 Å². The Kier molecular flexibility index (Phi) is 12.2.